The maximum atomic E-state index is 12.2. The number of thioether (sulfide) groups is 1. The molecule has 2 aromatic rings. The van der Waals surface area contributed by atoms with Crippen molar-refractivity contribution in [3.8, 4) is 0 Å². The lowest BCUT2D eigenvalue weighted by atomic mass is 9.99. The molecular weight excluding hydrogens is 421 g/mol. The van der Waals surface area contributed by atoms with E-state index in [1.54, 1.807) is 12.1 Å². The Morgan fingerprint density at radius 2 is 2.00 bits per heavy atom. The van der Waals surface area contributed by atoms with Crippen LogP contribution in [0.5, 0.6) is 0 Å². The van der Waals surface area contributed by atoms with Crippen LogP contribution in [0.4, 0.5) is 4.79 Å². The van der Waals surface area contributed by atoms with Gasteiger partial charge in [0, 0.05) is 5.75 Å². The fourth-order valence-corrected chi connectivity index (χ4v) is 3.33. The molecule has 0 aliphatic rings. The van der Waals surface area contributed by atoms with E-state index in [1.807, 2.05) is 40.7 Å². The van der Waals surface area contributed by atoms with Gasteiger partial charge in [-0.2, -0.15) is 0 Å². The van der Waals surface area contributed by atoms with Crippen LogP contribution in [0.2, 0.25) is 10.0 Å². The molecule has 1 aromatic heterocycles. The Balaban J connectivity index is 2.06. The molecule has 28 heavy (non-hydrogen) atoms. The van der Waals surface area contributed by atoms with Gasteiger partial charge in [-0.05, 0) is 44.4 Å². The number of aromatic nitrogens is 2. The molecule has 0 fully saturated rings. The number of ether oxygens (including phenoxy) is 1. The number of amides is 1. The zero-order valence-electron chi connectivity index (χ0n) is 16.6. The Hall–Kier alpha value is -1.44. The first-order valence-corrected chi connectivity index (χ1v) is 10.7. The first kappa shape index (κ1) is 22.8. The van der Waals surface area contributed by atoms with Gasteiger partial charge in [0.05, 0.1) is 10.0 Å². The third-order valence-corrected chi connectivity index (χ3v) is 5.55. The highest BCUT2D eigenvalue weighted by atomic mass is 35.5. The van der Waals surface area contributed by atoms with E-state index in [-0.39, 0.29) is 5.92 Å². The minimum atomic E-state index is -0.584. The van der Waals surface area contributed by atoms with E-state index in [2.05, 4.69) is 15.5 Å². The van der Waals surface area contributed by atoms with Crippen molar-refractivity contribution in [1.29, 1.82) is 0 Å². The fraction of sp³-hybridized carbons (Fsp3) is 0.526. The molecule has 0 aliphatic carbocycles. The molecule has 6 nitrogen and oxygen atoms in total. The summed E-state index contributed by atoms with van der Waals surface area (Å²) in [7, 11) is 0. The van der Waals surface area contributed by atoms with Crippen LogP contribution < -0.4 is 5.32 Å². The lowest BCUT2D eigenvalue weighted by Gasteiger charge is -2.24. The highest BCUT2D eigenvalue weighted by Crippen LogP contribution is 2.30. The van der Waals surface area contributed by atoms with E-state index in [0.29, 0.717) is 26.9 Å². The summed E-state index contributed by atoms with van der Waals surface area (Å²) in [5.41, 5.74) is 0.407. The van der Waals surface area contributed by atoms with Crippen molar-refractivity contribution in [3.05, 3.63) is 39.7 Å². The van der Waals surface area contributed by atoms with Crippen molar-refractivity contribution < 1.29 is 13.9 Å². The van der Waals surface area contributed by atoms with Crippen molar-refractivity contribution in [2.24, 2.45) is 5.92 Å². The molecule has 2 atom stereocenters. The molecule has 0 radical (unpaired) electrons. The largest absolute Gasteiger partial charge is 0.444 e. The molecule has 1 N–H and O–H groups in total. The molecule has 0 bridgehead atoms. The Morgan fingerprint density at radius 1 is 1.29 bits per heavy atom. The third kappa shape index (κ3) is 6.87. The summed E-state index contributed by atoms with van der Waals surface area (Å²) in [6.07, 6.45) is 0.315. The minimum absolute atomic E-state index is 0.0980. The van der Waals surface area contributed by atoms with E-state index >= 15 is 0 Å². The van der Waals surface area contributed by atoms with Gasteiger partial charge in [-0.1, -0.05) is 61.3 Å². The topological polar surface area (TPSA) is 77.2 Å². The summed E-state index contributed by atoms with van der Waals surface area (Å²) in [5, 5.41) is 12.5. The Kier molecular flexibility index (Phi) is 8.04. The third-order valence-electron chi connectivity index (χ3n) is 3.92. The highest BCUT2D eigenvalue weighted by molar-refractivity contribution is 7.98. The number of carbonyl (C=O) groups excluding carboxylic acids is 1. The van der Waals surface area contributed by atoms with Gasteiger partial charge < -0.3 is 14.5 Å². The average Bonchev–Trinajstić information content (AvgIpc) is 3.07. The van der Waals surface area contributed by atoms with Crippen molar-refractivity contribution in [1.82, 2.24) is 15.5 Å². The molecule has 1 aromatic carbocycles. The zero-order chi connectivity index (χ0) is 20.9. The van der Waals surface area contributed by atoms with Crippen LogP contribution in [0.25, 0.3) is 0 Å². The molecule has 0 saturated heterocycles. The van der Waals surface area contributed by atoms with Crippen molar-refractivity contribution in [2.45, 2.75) is 63.7 Å². The van der Waals surface area contributed by atoms with Crippen LogP contribution in [0.1, 0.15) is 58.5 Å². The predicted octanol–water partition coefficient (Wildman–Crippen LogP) is 6.28. The molecule has 0 aliphatic heterocycles. The maximum absolute atomic E-state index is 12.2. The highest BCUT2D eigenvalue weighted by Gasteiger charge is 2.28. The SMILES string of the molecule is CC[C@H](C)[C@@H](NC(=O)OC(C)(C)C)c1nnc(SCc2ccc(Cl)c(Cl)c2)o1. The first-order chi connectivity index (χ1) is 13.1. The predicted molar refractivity (Wildman–Crippen MR) is 112 cm³/mol. The van der Waals surface area contributed by atoms with Crippen LogP contribution in [0, 0.1) is 5.92 Å². The first-order valence-electron chi connectivity index (χ1n) is 8.98. The van der Waals surface area contributed by atoms with Gasteiger partial charge in [0.1, 0.15) is 11.6 Å². The van der Waals surface area contributed by atoms with Crippen LogP contribution >= 0.6 is 35.0 Å². The average molecular weight is 446 g/mol. The molecule has 1 amide bonds. The Labute approximate surface area is 179 Å². The number of halogens is 2. The van der Waals surface area contributed by atoms with Gasteiger partial charge in [0.25, 0.3) is 5.22 Å². The molecule has 0 unspecified atom stereocenters. The number of hydrogen-bond donors (Lipinski definition) is 1. The van der Waals surface area contributed by atoms with Crippen LogP contribution in [0.3, 0.4) is 0 Å². The van der Waals surface area contributed by atoms with Gasteiger partial charge in [0.15, 0.2) is 0 Å². The van der Waals surface area contributed by atoms with Gasteiger partial charge in [0.2, 0.25) is 5.89 Å². The van der Waals surface area contributed by atoms with Crippen LogP contribution in [-0.2, 0) is 10.5 Å². The molecule has 0 spiro atoms. The number of rotatable bonds is 7. The number of nitrogens with one attached hydrogen (secondary N) is 1. The number of carbonyl (C=O) groups is 1. The second kappa shape index (κ2) is 9.85. The second-order valence-electron chi connectivity index (χ2n) is 7.45. The Morgan fingerprint density at radius 3 is 2.61 bits per heavy atom. The van der Waals surface area contributed by atoms with Crippen molar-refractivity contribution in [2.75, 3.05) is 0 Å². The lowest BCUT2D eigenvalue weighted by molar-refractivity contribution is 0.0474. The normalized spacial score (nSPS) is 13.8. The molecule has 0 saturated carbocycles. The van der Waals surface area contributed by atoms with E-state index < -0.39 is 17.7 Å². The van der Waals surface area contributed by atoms with Crippen LogP contribution in [-0.4, -0.2) is 21.9 Å². The number of benzene rings is 1. The number of hydrogen-bond acceptors (Lipinski definition) is 6. The molecule has 9 heteroatoms. The summed E-state index contributed by atoms with van der Waals surface area (Å²) in [6.45, 7) is 9.49. The van der Waals surface area contributed by atoms with Gasteiger partial charge >= 0.3 is 6.09 Å². The van der Waals surface area contributed by atoms with Gasteiger partial charge in [-0.15, -0.1) is 10.2 Å². The van der Waals surface area contributed by atoms with Crippen molar-refractivity contribution >= 4 is 41.1 Å². The number of alkyl carbamates (subject to hydrolysis) is 1. The summed E-state index contributed by atoms with van der Waals surface area (Å²) in [5.74, 6) is 1.06. The lowest BCUT2D eigenvalue weighted by Crippen LogP contribution is -2.37. The summed E-state index contributed by atoms with van der Waals surface area (Å²) in [4.78, 5) is 12.2. The molecule has 154 valence electrons. The van der Waals surface area contributed by atoms with E-state index in [4.69, 9.17) is 32.4 Å². The molecule has 2 rings (SSSR count). The summed E-state index contributed by atoms with van der Waals surface area (Å²) in [6, 6.07) is 5.03. The van der Waals surface area contributed by atoms with Gasteiger partial charge in [-0.3, -0.25) is 0 Å². The zero-order valence-corrected chi connectivity index (χ0v) is 18.9. The summed E-state index contributed by atoms with van der Waals surface area (Å²) < 4.78 is 11.1. The minimum Gasteiger partial charge on any atom is -0.444 e. The Bertz CT molecular complexity index is 808. The fourth-order valence-electron chi connectivity index (χ4n) is 2.30. The van der Waals surface area contributed by atoms with E-state index in [0.717, 1.165) is 12.0 Å². The standard InChI is InChI=1S/C19H25Cl2N3O3S/c1-6-11(2)15(22-17(25)27-19(3,4)5)16-23-24-18(26-16)28-10-12-7-8-13(20)14(21)9-12/h7-9,11,15H,6,10H2,1-5H3,(H,22,25)/t11-,15+/m0/s1. The second-order valence-corrected chi connectivity index (χ2v) is 9.19. The smallest absolute Gasteiger partial charge is 0.408 e. The van der Waals surface area contributed by atoms with Gasteiger partial charge in [-0.25, -0.2) is 4.79 Å². The quantitative estimate of drug-likeness (QED) is 0.505. The molecule has 1 heterocycles. The monoisotopic (exact) mass is 445 g/mol. The van der Waals surface area contributed by atoms with E-state index in [1.165, 1.54) is 11.8 Å². The van der Waals surface area contributed by atoms with Crippen LogP contribution in [0.15, 0.2) is 27.8 Å². The van der Waals surface area contributed by atoms with Crippen molar-refractivity contribution in [3.63, 3.8) is 0 Å². The summed E-state index contributed by atoms with van der Waals surface area (Å²) >= 11 is 13.4. The van der Waals surface area contributed by atoms with E-state index in [9.17, 15) is 4.79 Å². The molecular formula is C19H25Cl2N3O3S. The maximum Gasteiger partial charge on any atom is 0.408 e. The number of nitrogens with zero attached hydrogens (tertiary/aromatic N) is 2.